The van der Waals surface area contributed by atoms with Crippen LogP contribution in [0.25, 0.3) is 5.69 Å². The molecule has 2 aromatic carbocycles. The van der Waals surface area contributed by atoms with Gasteiger partial charge in [0.25, 0.3) is 0 Å². The summed E-state index contributed by atoms with van der Waals surface area (Å²) in [6, 6.07) is 14.7. The van der Waals surface area contributed by atoms with Crippen molar-refractivity contribution in [3.05, 3.63) is 76.9 Å². The molecule has 23 heavy (non-hydrogen) atoms. The monoisotopic (exact) mass is 310 g/mol. The molecule has 0 saturated heterocycles. The number of nitrogens with zero attached hydrogens (tertiary/aromatic N) is 3. The third kappa shape index (κ3) is 3.29. The first kappa shape index (κ1) is 15.4. The van der Waals surface area contributed by atoms with Crippen LogP contribution >= 0.6 is 0 Å². The van der Waals surface area contributed by atoms with Crippen molar-refractivity contribution < 1.29 is 4.39 Å². The van der Waals surface area contributed by atoms with Gasteiger partial charge in [-0.2, -0.15) is 0 Å². The minimum Gasteiger partial charge on any atom is -0.325 e. The van der Waals surface area contributed by atoms with Gasteiger partial charge in [0.15, 0.2) is 0 Å². The third-order valence-electron chi connectivity index (χ3n) is 3.91. The Morgan fingerprint density at radius 2 is 1.65 bits per heavy atom. The Hall–Kier alpha value is -2.53. The van der Waals surface area contributed by atoms with Crippen LogP contribution in [0.4, 0.5) is 4.39 Å². The van der Waals surface area contributed by atoms with E-state index in [-0.39, 0.29) is 5.82 Å². The van der Waals surface area contributed by atoms with E-state index < -0.39 is 0 Å². The molecule has 0 bridgehead atoms. The maximum Gasteiger partial charge on any atom is 0.123 e. The summed E-state index contributed by atoms with van der Waals surface area (Å²) in [7, 11) is 0. The number of aromatic nitrogens is 3. The molecule has 2 N–H and O–H groups in total. The molecule has 5 heteroatoms. The fraction of sp³-hybridized carbons (Fsp3) is 0.222. The first-order valence-corrected chi connectivity index (χ1v) is 7.68. The molecule has 1 heterocycles. The van der Waals surface area contributed by atoms with Crippen molar-refractivity contribution >= 4 is 0 Å². The lowest BCUT2D eigenvalue weighted by molar-refractivity contribution is 0.627. The summed E-state index contributed by atoms with van der Waals surface area (Å²) in [5.74, 6) is -0.241. The molecule has 3 aromatic rings. The third-order valence-corrected chi connectivity index (χ3v) is 3.91. The van der Waals surface area contributed by atoms with Crippen molar-refractivity contribution in [3.63, 3.8) is 0 Å². The first-order chi connectivity index (χ1) is 11.2. The van der Waals surface area contributed by atoms with Gasteiger partial charge >= 0.3 is 0 Å². The van der Waals surface area contributed by atoms with Crippen molar-refractivity contribution in [1.29, 1.82) is 0 Å². The Morgan fingerprint density at radius 1 is 1.00 bits per heavy atom. The number of halogens is 1. The Kier molecular flexibility index (Phi) is 4.48. The molecule has 0 aliphatic rings. The minimum absolute atomic E-state index is 0.241. The van der Waals surface area contributed by atoms with Gasteiger partial charge < -0.3 is 5.73 Å². The van der Waals surface area contributed by atoms with Crippen LogP contribution in [0.5, 0.6) is 0 Å². The number of aryl methyl sites for hydroxylation is 1. The highest BCUT2D eigenvalue weighted by Gasteiger charge is 2.14. The van der Waals surface area contributed by atoms with Crippen LogP contribution in [0, 0.1) is 5.82 Å². The van der Waals surface area contributed by atoms with Crippen LogP contribution in [-0.2, 0) is 19.4 Å². The van der Waals surface area contributed by atoms with Crippen LogP contribution in [0.15, 0.2) is 48.5 Å². The predicted molar refractivity (Wildman–Crippen MR) is 87.8 cm³/mol. The average molecular weight is 310 g/mol. The molecule has 0 aliphatic carbocycles. The highest BCUT2D eigenvalue weighted by Crippen LogP contribution is 2.18. The maximum atomic E-state index is 13.1. The number of rotatable bonds is 5. The van der Waals surface area contributed by atoms with Gasteiger partial charge in [0.05, 0.1) is 11.4 Å². The molecule has 0 spiro atoms. The van der Waals surface area contributed by atoms with Gasteiger partial charge in [0, 0.05) is 13.0 Å². The predicted octanol–water partition coefficient (Wildman–Crippen LogP) is 3.02. The largest absolute Gasteiger partial charge is 0.325 e. The Bertz CT molecular complexity index is 776. The van der Waals surface area contributed by atoms with E-state index in [0.717, 1.165) is 29.1 Å². The second-order valence-corrected chi connectivity index (χ2v) is 5.42. The van der Waals surface area contributed by atoms with E-state index in [0.29, 0.717) is 13.0 Å². The van der Waals surface area contributed by atoms with Gasteiger partial charge in [-0.15, -0.1) is 5.10 Å². The summed E-state index contributed by atoms with van der Waals surface area (Å²) in [6.45, 7) is 2.44. The number of hydrogen-bond donors (Lipinski definition) is 1. The van der Waals surface area contributed by atoms with Gasteiger partial charge in [-0.3, -0.25) is 0 Å². The number of hydrogen-bond acceptors (Lipinski definition) is 3. The molecular weight excluding hydrogens is 291 g/mol. The second kappa shape index (κ2) is 6.71. The number of nitrogens with two attached hydrogens (primary N) is 1. The van der Waals surface area contributed by atoms with Crippen LogP contribution in [-0.4, -0.2) is 15.0 Å². The van der Waals surface area contributed by atoms with Crippen molar-refractivity contribution in [2.75, 3.05) is 0 Å². The fourth-order valence-electron chi connectivity index (χ4n) is 2.54. The molecule has 0 fully saturated rings. The van der Waals surface area contributed by atoms with Gasteiger partial charge in [-0.1, -0.05) is 36.4 Å². The van der Waals surface area contributed by atoms with Gasteiger partial charge in [-0.25, -0.2) is 9.07 Å². The standard InChI is InChI=1S/C18H19FN4/c1-2-13-5-9-16(10-6-13)23-18(17(12-20)21-22-23)11-14-3-7-15(19)8-4-14/h3-10H,2,11-12,20H2,1H3. The van der Waals surface area contributed by atoms with Crippen LogP contribution < -0.4 is 5.73 Å². The molecule has 0 amide bonds. The molecule has 0 radical (unpaired) electrons. The Balaban J connectivity index is 1.97. The number of benzene rings is 2. The first-order valence-electron chi connectivity index (χ1n) is 7.68. The van der Waals surface area contributed by atoms with Gasteiger partial charge in [-0.05, 0) is 41.8 Å². The molecule has 118 valence electrons. The SMILES string of the molecule is CCc1ccc(-n2nnc(CN)c2Cc2ccc(F)cc2)cc1. The summed E-state index contributed by atoms with van der Waals surface area (Å²) >= 11 is 0. The second-order valence-electron chi connectivity index (χ2n) is 5.42. The maximum absolute atomic E-state index is 13.1. The van der Waals surface area contributed by atoms with E-state index in [2.05, 4.69) is 29.4 Å². The van der Waals surface area contributed by atoms with Crippen LogP contribution in [0.3, 0.4) is 0 Å². The Morgan fingerprint density at radius 3 is 2.26 bits per heavy atom. The zero-order chi connectivity index (χ0) is 16.2. The van der Waals surface area contributed by atoms with E-state index in [1.165, 1.54) is 17.7 Å². The topological polar surface area (TPSA) is 56.7 Å². The summed E-state index contributed by atoms with van der Waals surface area (Å²) < 4.78 is 14.9. The quantitative estimate of drug-likeness (QED) is 0.788. The normalized spacial score (nSPS) is 10.9. The molecule has 1 aromatic heterocycles. The smallest absolute Gasteiger partial charge is 0.123 e. The molecule has 0 saturated carbocycles. The molecule has 0 unspecified atom stereocenters. The Labute approximate surface area is 134 Å². The fourth-order valence-corrected chi connectivity index (χ4v) is 2.54. The van der Waals surface area contributed by atoms with Crippen molar-refractivity contribution in [2.45, 2.75) is 26.3 Å². The minimum atomic E-state index is -0.241. The zero-order valence-electron chi connectivity index (χ0n) is 13.0. The molecular formula is C18H19FN4. The lowest BCUT2D eigenvalue weighted by Gasteiger charge is -2.09. The summed E-state index contributed by atoms with van der Waals surface area (Å²) in [4.78, 5) is 0. The molecule has 3 rings (SSSR count). The van der Waals surface area contributed by atoms with Crippen molar-refractivity contribution in [3.8, 4) is 5.69 Å². The lowest BCUT2D eigenvalue weighted by atomic mass is 10.1. The van der Waals surface area contributed by atoms with Gasteiger partial charge in [0.2, 0.25) is 0 Å². The highest BCUT2D eigenvalue weighted by atomic mass is 19.1. The summed E-state index contributed by atoms with van der Waals surface area (Å²) in [5.41, 5.74) is 10.7. The average Bonchev–Trinajstić information content (AvgIpc) is 2.99. The van der Waals surface area contributed by atoms with Crippen LogP contribution in [0.2, 0.25) is 0 Å². The van der Waals surface area contributed by atoms with Crippen molar-refractivity contribution in [2.24, 2.45) is 5.73 Å². The van der Waals surface area contributed by atoms with E-state index >= 15 is 0 Å². The summed E-state index contributed by atoms with van der Waals surface area (Å²) in [6.07, 6.45) is 1.60. The van der Waals surface area contributed by atoms with Crippen LogP contribution in [0.1, 0.15) is 29.4 Å². The van der Waals surface area contributed by atoms with E-state index in [1.54, 1.807) is 12.1 Å². The molecule has 0 aliphatic heterocycles. The van der Waals surface area contributed by atoms with Crippen molar-refractivity contribution in [1.82, 2.24) is 15.0 Å². The molecule has 0 atom stereocenters. The lowest BCUT2D eigenvalue weighted by Crippen LogP contribution is -2.07. The molecule has 4 nitrogen and oxygen atoms in total. The zero-order valence-corrected chi connectivity index (χ0v) is 13.0. The van der Waals surface area contributed by atoms with E-state index in [1.807, 2.05) is 16.8 Å². The summed E-state index contributed by atoms with van der Waals surface area (Å²) in [5, 5.41) is 8.42. The van der Waals surface area contributed by atoms with E-state index in [9.17, 15) is 4.39 Å². The van der Waals surface area contributed by atoms with Gasteiger partial charge in [0.1, 0.15) is 11.5 Å². The highest BCUT2D eigenvalue weighted by molar-refractivity contribution is 5.37. The van der Waals surface area contributed by atoms with E-state index in [4.69, 9.17) is 5.73 Å².